The van der Waals surface area contributed by atoms with E-state index in [0.29, 0.717) is 44.3 Å². The third-order valence-corrected chi connectivity index (χ3v) is 5.98. The minimum absolute atomic E-state index is 0.0254. The molecule has 0 radical (unpaired) electrons. The Morgan fingerprint density at radius 1 is 1.00 bits per heavy atom. The Bertz CT molecular complexity index is 1000. The van der Waals surface area contributed by atoms with Crippen LogP contribution < -0.4 is 14.4 Å². The molecule has 1 saturated heterocycles. The highest BCUT2D eigenvalue weighted by molar-refractivity contribution is 6.00. The van der Waals surface area contributed by atoms with E-state index in [1.165, 1.54) is 11.1 Å². The zero-order valence-electron chi connectivity index (χ0n) is 16.8. The molecule has 3 aliphatic heterocycles. The number of benzene rings is 2. The van der Waals surface area contributed by atoms with E-state index in [1.807, 2.05) is 41.3 Å². The van der Waals surface area contributed by atoms with Crippen molar-refractivity contribution in [2.24, 2.45) is 5.92 Å². The number of anilines is 1. The Balaban J connectivity index is 1.26. The van der Waals surface area contributed by atoms with Crippen LogP contribution in [0.5, 0.6) is 11.5 Å². The third-order valence-electron chi connectivity index (χ3n) is 5.98. The molecule has 0 aromatic heterocycles. The van der Waals surface area contributed by atoms with Crippen LogP contribution in [-0.2, 0) is 9.59 Å². The van der Waals surface area contributed by atoms with E-state index in [-0.39, 0.29) is 24.2 Å². The molecule has 3 heterocycles. The van der Waals surface area contributed by atoms with Gasteiger partial charge in [0.25, 0.3) is 0 Å². The molecular formula is C24H24N2O4. The number of carbonyl (C=O) groups excluding carboxylic acids is 2. The minimum Gasteiger partial charge on any atom is -0.486 e. The molecule has 0 saturated carbocycles. The van der Waals surface area contributed by atoms with Gasteiger partial charge in [0.15, 0.2) is 11.5 Å². The fourth-order valence-corrected chi connectivity index (χ4v) is 4.36. The third kappa shape index (κ3) is 3.54. The fourth-order valence-electron chi connectivity index (χ4n) is 4.36. The van der Waals surface area contributed by atoms with Gasteiger partial charge in [-0.05, 0) is 29.7 Å². The maximum atomic E-state index is 13.1. The Kier molecular flexibility index (Phi) is 4.91. The number of ether oxygens (including phenoxy) is 2. The van der Waals surface area contributed by atoms with Crippen LogP contribution in [0.25, 0.3) is 5.57 Å². The second kappa shape index (κ2) is 7.86. The summed E-state index contributed by atoms with van der Waals surface area (Å²) in [7, 11) is 0. The Labute approximate surface area is 175 Å². The quantitative estimate of drug-likeness (QED) is 0.789. The maximum Gasteiger partial charge on any atom is 0.228 e. The lowest BCUT2D eigenvalue weighted by Crippen LogP contribution is -2.39. The van der Waals surface area contributed by atoms with Gasteiger partial charge >= 0.3 is 0 Å². The van der Waals surface area contributed by atoms with Gasteiger partial charge in [-0.1, -0.05) is 36.4 Å². The predicted molar refractivity (Wildman–Crippen MR) is 114 cm³/mol. The van der Waals surface area contributed by atoms with Gasteiger partial charge in [0.2, 0.25) is 11.8 Å². The van der Waals surface area contributed by atoms with E-state index in [2.05, 4.69) is 18.2 Å². The van der Waals surface area contributed by atoms with Crippen LogP contribution in [0.15, 0.2) is 54.6 Å². The van der Waals surface area contributed by atoms with Gasteiger partial charge in [0.05, 0.1) is 5.92 Å². The van der Waals surface area contributed by atoms with Crippen molar-refractivity contribution in [1.82, 2.24) is 4.90 Å². The molecule has 2 amide bonds. The van der Waals surface area contributed by atoms with Crippen molar-refractivity contribution in [1.29, 1.82) is 0 Å². The van der Waals surface area contributed by atoms with E-state index >= 15 is 0 Å². The van der Waals surface area contributed by atoms with Gasteiger partial charge in [-0.2, -0.15) is 0 Å². The summed E-state index contributed by atoms with van der Waals surface area (Å²) in [5.41, 5.74) is 3.25. The van der Waals surface area contributed by atoms with Crippen LogP contribution in [0.1, 0.15) is 18.4 Å². The summed E-state index contributed by atoms with van der Waals surface area (Å²) in [5, 5.41) is 0. The zero-order chi connectivity index (χ0) is 20.5. The number of hydrogen-bond acceptors (Lipinski definition) is 4. The lowest BCUT2D eigenvalue weighted by Gasteiger charge is -2.29. The van der Waals surface area contributed by atoms with Gasteiger partial charge in [-0.15, -0.1) is 0 Å². The van der Waals surface area contributed by atoms with E-state index in [1.54, 1.807) is 4.90 Å². The first kappa shape index (κ1) is 18.7. The van der Waals surface area contributed by atoms with Crippen LogP contribution >= 0.6 is 0 Å². The summed E-state index contributed by atoms with van der Waals surface area (Å²) in [4.78, 5) is 29.3. The smallest absolute Gasteiger partial charge is 0.228 e. The Morgan fingerprint density at radius 3 is 2.57 bits per heavy atom. The molecule has 5 rings (SSSR count). The van der Waals surface area contributed by atoms with Crippen molar-refractivity contribution < 1.29 is 19.1 Å². The molecule has 154 valence electrons. The molecule has 0 aliphatic carbocycles. The van der Waals surface area contributed by atoms with E-state index < -0.39 is 0 Å². The van der Waals surface area contributed by atoms with Crippen LogP contribution in [0, 0.1) is 5.92 Å². The predicted octanol–water partition coefficient (Wildman–Crippen LogP) is 3.13. The van der Waals surface area contributed by atoms with Gasteiger partial charge in [-0.25, -0.2) is 0 Å². The lowest BCUT2D eigenvalue weighted by molar-refractivity contribution is -0.135. The average molecular weight is 404 g/mol. The van der Waals surface area contributed by atoms with Crippen molar-refractivity contribution in [2.45, 2.75) is 12.8 Å². The first-order valence-electron chi connectivity index (χ1n) is 10.4. The number of hydrogen-bond donors (Lipinski definition) is 0. The molecule has 0 bridgehead atoms. The van der Waals surface area contributed by atoms with Crippen molar-refractivity contribution >= 4 is 23.1 Å². The molecular weight excluding hydrogens is 380 g/mol. The number of amides is 2. The Morgan fingerprint density at radius 2 is 1.80 bits per heavy atom. The highest BCUT2D eigenvalue weighted by atomic mass is 16.6. The molecule has 6 heteroatoms. The number of carbonyl (C=O) groups is 2. The highest BCUT2D eigenvalue weighted by Crippen LogP contribution is 2.36. The van der Waals surface area contributed by atoms with Gasteiger partial charge in [0.1, 0.15) is 13.2 Å². The number of nitrogens with zero attached hydrogens (tertiary/aromatic N) is 2. The van der Waals surface area contributed by atoms with Crippen LogP contribution in [0.2, 0.25) is 0 Å². The van der Waals surface area contributed by atoms with Gasteiger partial charge in [-0.3, -0.25) is 9.59 Å². The zero-order valence-corrected chi connectivity index (χ0v) is 16.8. The highest BCUT2D eigenvalue weighted by Gasteiger charge is 2.37. The summed E-state index contributed by atoms with van der Waals surface area (Å²) < 4.78 is 11.2. The number of fused-ring (bicyclic) bond motifs is 1. The summed E-state index contributed by atoms with van der Waals surface area (Å²) in [6.07, 6.45) is 3.22. The van der Waals surface area contributed by atoms with E-state index in [4.69, 9.17) is 9.47 Å². The van der Waals surface area contributed by atoms with Crippen molar-refractivity contribution in [2.75, 3.05) is 37.7 Å². The SMILES string of the molecule is O=C([C@@H]1CC(=O)N(c2ccc3c(c2)OCCO3)C1)N1CC=C(c2ccccc2)CC1. The molecule has 1 fully saturated rings. The van der Waals surface area contributed by atoms with Gasteiger partial charge < -0.3 is 19.3 Å². The van der Waals surface area contributed by atoms with Gasteiger partial charge in [0, 0.05) is 37.8 Å². The van der Waals surface area contributed by atoms with Crippen molar-refractivity contribution in [3.63, 3.8) is 0 Å². The molecule has 3 aliphatic rings. The minimum atomic E-state index is -0.308. The van der Waals surface area contributed by atoms with Crippen LogP contribution in [-0.4, -0.2) is 49.6 Å². The first-order chi connectivity index (χ1) is 14.7. The maximum absolute atomic E-state index is 13.1. The molecule has 6 nitrogen and oxygen atoms in total. The topological polar surface area (TPSA) is 59.1 Å². The molecule has 2 aromatic carbocycles. The average Bonchev–Trinajstić information content (AvgIpc) is 3.20. The molecule has 30 heavy (non-hydrogen) atoms. The summed E-state index contributed by atoms with van der Waals surface area (Å²) >= 11 is 0. The first-order valence-corrected chi connectivity index (χ1v) is 10.4. The number of rotatable bonds is 3. The van der Waals surface area contributed by atoms with Crippen LogP contribution in [0.4, 0.5) is 5.69 Å². The molecule has 0 N–H and O–H groups in total. The normalized spacial score (nSPS) is 20.9. The molecule has 1 atom stereocenters. The second-order valence-corrected chi connectivity index (χ2v) is 7.86. The largest absolute Gasteiger partial charge is 0.486 e. The fraction of sp³-hybridized carbons (Fsp3) is 0.333. The molecule has 0 unspecified atom stereocenters. The molecule has 2 aromatic rings. The second-order valence-electron chi connectivity index (χ2n) is 7.86. The summed E-state index contributed by atoms with van der Waals surface area (Å²) in [5.74, 6) is 1.07. The lowest BCUT2D eigenvalue weighted by atomic mass is 9.98. The molecule has 0 spiro atoms. The Hall–Kier alpha value is -3.28. The summed E-state index contributed by atoms with van der Waals surface area (Å²) in [6.45, 7) is 2.72. The van der Waals surface area contributed by atoms with E-state index in [0.717, 1.165) is 12.1 Å². The van der Waals surface area contributed by atoms with E-state index in [9.17, 15) is 9.59 Å². The monoisotopic (exact) mass is 404 g/mol. The van der Waals surface area contributed by atoms with Crippen molar-refractivity contribution in [3.8, 4) is 11.5 Å². The van der Waals surface area contributed by atoms with Crippen LogP contribution in [0.3, 0.4) is 0 Å². The van der Waals surface area contributed by atoms with Crippen molar-refractivity contribution in [3.05, 3.63) is 60.2 Å². The standard InChI is InChI=1S/C24H24N2O4/c27-23-14-19(16-26(23)20-6-7-21-22(15-20)30-13-12-29-21)24(28)25-10-8-18(9-11-25)17-4-2-1-3-5-17/h1-8,15,19H,9-14,16H2/t19-/m1/s1. The summed E-state index contributed by atoms with van der Waals surface area (Å²) in [6, 6.07) is 15.8.